The van der Waals surface area contributed by atoms with Crippen LogP contribution in [0.2, 0.25) is 0 Å². The largest absolute Gasteiger partial charge is 0.307 e. The fourth-order valence-corrected chi connectivity index (χ4v) is 2.10. The van der Waals surface area contributed by atoms with Gasteiger partial charge in [0, 0.05) is 7.05 Å². The van der Waals surface area contributed by atoms with Crippen LogP contribution >= 0.6 is 11.3 Å². The quantitative estimate of drug-likeness (QED) is 0.654. The van der Waals surface area contributed by atoms with E-state index in [-0.39, 0.29) is 4.87 Å². The second-order valence-electron chi connectivity index (χ2n) is 2.90. The molecular weight excluding hydrogens is 194 g/mol. The number of aromatic nitrogens is 1. The Hall–Kier alpha value is -1.09. The van der Waals surface area contributed by atoms with Gasteiger partial charge in [-0.15, -0.1) is 0 Å². The minimum Gasteiger partial charge on any atom is -0.302 e. The molecule has 0 aliphatic carbocycles. The Morgan fingerprint density at radius 1 is 1.29 bits per heavy atom. The van der Waals surface area contributed by atoms with Gasteiger partial charge >= 0.3 is 4.87 Å². The highest BCUT2D eigenvalue weighted by molar-refractivity contribution is 7.16. The van der Waals surface area contributed by atoms with Crippen LogP contribution in [-0.4, -0.2) is 4.57 Å². The molecule has 0 saturated carbocycles. The van der Waals surface area contributed by atoms with Crippen molar-refractivity contribution in [2.24, 2.45) is 7.05 Å². The maximum Gasteiger partial charge on any atom is 0.307 e. The van der Waals surface area contributed by atoms with E-state index in [0.29, 0.717) is 0 Å². The van der Waals surface area contributed by atoms with Crippen molar-refractivity contribution in [2.45, 2.75) is 20.8 Å². The molecule has 0 N–H and O–H groups in total. The third-order valence-corrected chi connectivity index (χ3v) is 2.96. The fourth-order valence-electron chi connectivity index (χ4n) is 1.24. The lowest BCUT2D eigenvalue weighted by molar-refractivity contribution is 0.938. The number of thiazole rings is 1. The minimum absolute atomic E-state index is 0.107. The summed E-state index contributed by atoms with van der Waals surface area (Å²) in [5.41, 5.74) is 2.22. The van der Waals surface area contributed by atoms with Crippen molar-refractivity contribution in [1.29, 1.82) is 0 Å². The average molecular weight is 209 g/mol. The first-order chi connectivity index (χ1) is 6.68. The van der Waals surface area contributed by atoms with Crippen LogP contribution in [0.5, 0.6) is 0 Å². The molecule has 0 aliphatic rings. The lowest BCUT2D eigenvalue weighted by Crippen LogP contribution is -2.06. The van der Waals surface area contributed by atoms with Crippen LogP contribution in [0.4, 0.5) is 0 Å². The molecule has 1 heterocycles. The van der Waals surface area contributed by atoms with Gasteiger partial charge in [0.1, 0.15) is 0 Å². The van der Waals surface area contributed by atoms with Crippen molar-refractivity contribution < 1.29 is 0 Å². The molecule has 0 spiro atoms. The number of nitrogens with zero attached hydrogens (tertiary/aromatic N) is 1. The molecule has 0 saturated heterocycles. The number of hydrogen-bond acceptors (Lipinski definition) is 2. The van der Waals surface area contributed by atoms with E-state index in [0.717, 1.165) is 10.2 Å². The third kappa shape index (κ3) is 1.87. The summed E-state index contributed by atoms with van der Waals surface area (Å²) in [6.07, 6.45) is 0. The molecule has 2 aromatic rings. The van der Waals surface area contributed by atoms with Gasteiger partial charge in [0.2, 0.25) is 0 Å². The first-order valence-electron chi connectivity index (χ1n) is 4.74. The van der Waals surface area contributed by atoms with Crippen molar-refractivity contribution in [3.8, 4) is 0 Å². The summed E-state index contributed by atoms with van der Waals surface area (Å²) in [5, 5.41) is 0. The third-order valence-electron chi connectivity index (χ3n) is 1.95. The predicted octanol–water partition coefficient (Wildman–Crippen LogP) is 2.93. The van der Waals surface area contributed by atoms with Gasteiger partial charge in [0.25, 0.3) is 0 Å². The summed E-state index contributed by atoms with van der Waals surface area (Å²) >= 11 is 1.29. The summed E-state index contributed by atoms with van der Waals surface area (Å²) in [5.74, 6) is 0. The van der Waals surface area contributed by atoms with E-state index in [2.05, 4.69) is 0 Å². The van der Waals surface area contributed by atoms with E-state index >= 15 is 0 Å². The van der Waals surface area contributed by atoms with Crippen molar-refractivity contribution >= 4 is 21.6 Å². The normalized spacial score (nSPS) is 9.71. The van der Waals surface area contributed by atoms with Crippen LogP contribution < -0.4 is 4.87 Å². The maximum absolute atomic E-state index is 11.2. The van der Waals surface area contributed by atoms with Gasteiger partial charge in [-0.25, -0.2) is 0 Å². The van der Waals surface area contributed by atoms with E-state index in [4.69, 9.17) is 0 Å². The first-order valence-corrected chi connectivity index (χ1v) is 5.56. The minimum atomic E-state index is 0.107. The van der Waals surface area contributed by atoms with Gasteiger partial charge in [-0.05, 0) is 24.6 Å². The Labute approximate surface area is 87.8 Å². The van der Waals surface area contributed by atoms with Gasteiger partial charge < -0.3 is 4.57 Å². The van der Waals surface area contributed by atoms with Gasteiger partial charge in [-0.1, -0.05) is 31.3 Å². The van der Waals surface area contributed by atoms with E-state index in [1.807, 2.05) is 39.0 Å². The first kappa shape index (κ1) is 11.0. The van der Waals surface area contributed by atoms with E-state index < -0.39 is 0 Å². The summed E-state index contributed by atoms with van der Waals surface area (Å²) < 4.78 is 2.75. The average Bonchev–Trinajstić information content (AvgIpc) is 2.48. The zero-order chi connectivity index (χ0) is 10.7. The molecule has 0 aliphatic heterocycles. The molecule has 0 radical (unpaired) electrons. The molecule has 2 rings (SSSR count). The lowest BCUT2D eigenvalue weighted by Gasteiger charge is -1.94. The Kier molecular flexibility index (Phi) is 3.47. The number of rotatable bonds is 0. The SMILES string of the molecule is CC.Cc1ccc2sc(=O)n(C)c2c1. The maximum atomic E-state index is 11.2. The number of fused-ring (bicyclic) bond motifs is 1. The van der Waals surface area contributed by atoms with Crippen molar-refractivity contribution in [2.75, 3.05) is 0 Å². The summed E-state index contributed by atoms with van der Waals surface area (Å²) in [6.45, 7) is 6.03. The van der Waals surface area contributed by atoms with Gasteiger partial charge in [0.15, 0.2) is 0 Å². The zero-order valence-corrected chi connectivity index (χ0v) is 9.81. The Morgan fingerprint density at radius 3 is 2.57 bits per heavy atom. The molecular formula is C11H15NOS. The van der Waals surface area contributed by atoms with Crippen LogP contribution in [0.1, 0.15) is 19.4 Å². The molecule has 2 nitrogen and oxygen atoms in total. The number of aryl methyl sites for hydroxylation is 2. The van der Waals surface area contributed by atoms with Crippen LogP contribution in [0.15, 0.2) is 23.0 Å². The molecule has 0 amide bonds. The van der Waals surface area contributed by atoms with Crippen molar-refractivity contribution in [3.05, 3.63) is 33.4 Å². The number of hydrogen-bond donors (Lipinski definition) is 0. The summed E-state index contributed by atoms with van der Waals surface area (Å²) in [7, 11) is 1.81. The van der Waals surface area contributed by atoms with Crippen LogP contribution in [0, 0.1) is 6.92 Å². The fraction of sp³-hybridized carbons (Fsp3) is 0.364. The number of benzene rings is 1. The van der Waals surface area contributed by atoms with Crippen molar-refractivity contribution in [3.63, 3.8) is 0 Å². The second-order valence-corrected chi connectivity index (χ2v) is 3.89. The van der Waals surface area contributed by atoms with Crippen LogP contribution in [0.3, 0.4) is 0 Å². The monoisotopic (exact) mass is 209 g/mol. The molecule has 0 fully saturated rings. The predicted molar refractivity (Wildman–Crippen MR) is 63.2 cm³/mol. The summed E-state index contributed by atoms with van der Waals surface area (Å²) in [6, 6.07) is 6.06. The van der Waals surface area contributed by atoms with Gasteiger partial charge in [-0.2, -0.15) is 0 Å². The van der Waals surface area contributed by atoms with Crippen LogP contribution in [-0.2, 0) is 7.05 Å². The molecule has 0 bridgehead atoms. The summed E-state index contributed by atoms with van der Waals surface area (Å²) in [4.78, 5) is 11.3. The second kappa shape index (κ2) is 4.42. The van der Waals surface area contributed by atoms with Crippen LogP contribution in [0.25, 0.3) is 10.2 Å². The molecule has 0 unspecified atom stereocenters. The highest BCUT2D eigenvalue weighted by Gasteiger charge is 2.02. The topological polar surface area (TPSA) is 22.0 Å². The molecule has 14 heavy (non-hydrogen) atoms. The Morgan fingerprint density at radius 2 is 1.93 bits per heavy atom. The lowest BCUT2D eigenvalue weighted by atomic mass is 10.2. The highest BCUT2D eigenvalue weighted by Crippen LogP contribution is 2.17. The van der Waals surface area contributed by atoms with Gasteiger partial charge in [-0.3, -0.25) is 4.79 Å². The Balaban J connectivity index is 0.000000461. The molecule has 1 aromatic carbocycles. The van der Waals surface area contributed by atoms with E-state index in [1.54, 1.807) is 11.6 Å². The van der Waals surface area contributed by atoms with E-state index in [9.17, 15) is 4.79 Å². The zero-order valence-electron chi connectivity index (χ0n) is 9.00. The Bertz CT molecular complexity index is 481. The molecule has 1 aromatic heterocycles. The smallest absolute Gasteiger partial charge is 0.302 e. The highest BCUT2D eigenvalue weighted by atomic mass is 32.1. The van der Waals surface area contributed by atoms with Crippen molar-refractivity contribution in [1.82, 2.24) is 4.57 Å². The molecule has 76 valence electrons. The molecule has 0 atom stereocenters. The van der Waals surface area contributed by atoms with E-state index in [1.165, 1.54) is 16.9 Å². The van der Waals surface area contributed by atoms with Gasteiger partial charge in [0.05, 0.1) is 10.2 Å². The molecule has 3 heteroatoms. The standard InChI is InChI=1S/C9H9NOS.C2H6/c1-6-3-4-8-7(5-6)10(2)9(11)12-8;1-2/h3-5H,1-2H3;1-2H3.